The van der Waals surface area contributed by atoms with E-state index in [2.05, 4.69) is 5.32 Å². The number of benzene rings is 2. The second-order valence-electron chi connectivity index (χ2n) is 6.64. The van der Waals surface area contributed by atoms with Gasteiger partial charge in [-0.3, -0.25) is 14.4 Å². The van der Waals surface area contributed by atoms with Crippen molar-refractivity contribution in [3.05, 3.63) is 75.6 Å². The van der Waals surface area contributed by atoms with E-state index in [9.17, 15) is 19.2 Å². The Balaban J connectivity index is 1.70. The smallest absolute Gasteiger partial charge is 0.375 e. The number of anilines is 1. The summed E-state index contributed by atoms with van der Waals surface area (Å²) in [6.45, 7) is 4.69. The third kappa shape index (κ3) is 4.57. The van der Waals surface area contributed by atoms with E-state index in [0.717, 1.165) is 11.6 Å². The lowest BCUT2D eigenvalue weighted by atomic mass is 10.1. The van der Waals surface area contributed by atoms with E-state index < -0.39 is 18.0 Å². The number of fused-ring (bicyclic) bond motifs is 1. The molecule has 3 rings (SSSR count). The summed E-state index contributed by atoms with van der Waals surface area (Å²) in [5, 5.41) is 2.95. The molecule has 148 valence electrons. The number of amides is 1. The number of carbonyl (C=O) groups is 3. The Bertz CT molecular complexity index is 1160. The number of carbonyl (C=O) groups excluding carboxylic acids is 3. The van der Waals surface area contributed by atoms with Crippen LogP contribution in [0.3, 0.4) is 0 Å². The van der Waals surface area contributed by atoms with Gasteiger partial charge in [0.2, 0.25) is 5.76 Å². The Morgan fingerprint density at radius 2 is 1.72 bits per heavy atom. The molecule has 1 aromatic heterocycles. The van der Waals surface area contributed by atoms with Crippen molar-refractivity contribution < 1.29 is 23.5 Å². The zero-order valence-corrected chi connectivity index (χ0v) is 16.1. The molecule has 0 aliphatic heterocycles. The maximum absolute atomic E-state index is 12.3. The average Bonchev–Trinajstić information content (AvgIpc) is 2.68. The summed E-state index contributed by atoms with van der Waals surface area (Å²) >= 11 is 0. The van der Waals surface area contributed by atoms with Crippen LogP contribution in [0.25, 0.3) is 11.0 Å². The summed E-state index contributed by atoms with van der Waals surface area (Å²) in [6.07, 6.45) is -1.13. The van der Waals surface area contributed by atoms with Crippen LogP contribution in [0.2, 0.25) is 0 Å². The number of Topliss-reactive ketones (excluding diaryl/α,β-unsaturated/α-hetero) is 1. The van der Waals surface area contributed by atoms with Crippen molar-refractivity contribution in [2.24, 2.45) is 0 Å². The summed E-state index contributed by atoms with van der Waals surface area (Å²) in [5.74, 6) is -1.85. The van der Waals surface area contributed by atoms with Crippen molar-refractivity contribution in [2.75, 3.05) is 5.32 Å². The number of esters is 1. The van der Waals surface area contributed by atoms with Gasteiger partial charge in [-0.2, -0.15) is 0 Å². The van der Waals surface area contributed by atoms with Crippen molar-refractivity contribution in [3.63, 3.8) is 0 Å². The molecular formula is C22H19NO6. The van der Waals surface area contributed by atoms with E-state index in [1.165, 1.54) is 13.8 Å². The SMILES string of the molecule is CC(=O)c1ccc(NC(=O)[C@H](C)OC(=O)c2cc(=O)c3cc(C)ccc3o2)cc1. The van der Waals surface area contributed by atoms with E-state index in [-0.39, 0.29) is 22.6 Å². The zero-order chi connectivity index (χ0) is 21.1. The van der Waals surface area contributed by atoms with Gasteiger partial charge in [-0.25, -0.2) is 4.79 Å². The number of hydrogen-bond acceptors (Lipinski definition) is 6. The highest BCUT2D eigenvalue weighted by Crippen LogP contribution is 2.16. The van der Waals surface area contributed by atoms with Crippen LogP contribution in [0, 0.1) is 6.92 Å². The second-order valence-corrected chi connectivity index (χ2v) is 6.64. The molecule has 0 unspecified atom stereocenters. The van der Waals surface area contributed by atoms with Gasteiger partial charge in [0, 0.05) is 17.3 Å². The van der Waals surface area contributed by atoms with Gasteiger partial charge in [-0.15, -0.1) is 0 Å². The van der Waals surface area contributed by atoms with E-state index >= 15 is 0 Å². The lowest BCUT2D eigenvalue weighted by Gasteiger charge is -2.13. The molecular weight excluding hydrogens is 374 g/mol. The Labute approximate surface area is 166 Å². The molecule has 1 N–H and O–H groups in total. The van der Waals surface area contributed by atoms with Crippen molar-refractivity contribution in [1.29, 1.82) is 0 Å². The third-order valence-electron chi connectivity index (χ3n) is 4.30. The Hall–Kier alpha value is -3.74. The molecule has 0 bridgehead atoms. The minimum Gasteiger partial charge on any atom is -0.449 e. The Morgan fingerprint density at radius 1 is 1.03 bits per heavy atom. The lowest BCUT2D eigenvalue weighted by molar-refractivity contribution is -0.123. The standard InChI is InChI=1S/C22H19NO6/c1-12-4-9-19-17(10-12)18(25)11-20(29-19)22(27)28-14(3)21(26)23-16-7-5-15(6-8-16)13(2)24/h4-11,14H,1-3H3,(H,23,26)/t14-/m0/s1. The van der Waals surface area contributed by atoms with E-state index in [1.807, 2.05) is 6.92 Å². The molecule has 1 heterocycles. The number of ether oxygens (including phenoxy) is 1. The molecule has 1 atom stereocenters. The first-order valence-electron chi connectivity index (χ1n) is 8.92. The highest BCUT2D eigenvalue weighted by Gasteiger charge is 2.21. The van der Waals surface area contributed by atoms with Crippen LogP contribution >= 0.6 is 0 Å². The minimum atomic E-state index is -1.13. The molecule has 29 heavy (non-hydrogen) atoms. The summed E-state index contributed by atoms with van der Waals surface area (Å²) in [7, 11) is 0. The number of ketones is 1. The number of nitrogens with one attached hydrogen (secondary N) is 1. The molecule has 0 aliphatic carbocycles. The van der Waals surface area contributed by atoms with Crippen molar-refractivity contribution in [2.45, 2.75) is 26.9 Å². The first-order chi connectivity index (χ1) is 13.7. The van der Waals surface area contributed by atoms with Gasteiger partial charge >= 0.3 is 5.97 Å². The largest absolute Gasteiger partial charge is 0.449 e. The van der Waals surface area contributed by atoms with Crippen LogP contribution in [0.1, 0.15) is 40.3 Å². The fraction of sp³-hybridized carbons (Fsp3) is 0.182. The van der Waals surface area contributed by atoms with Gasteiger partial charge in [-0.1, -0.05) is 11.6 Å². The van der Waals surface area contributed by atoms with Crippen LogP contribution in [0.15, 0.2) is 57.7 Å². The molecule has 2 aromatic carbocycles. The number of rotatable bonds is 5. The fourth-order valence-electron chi connectivity index (χ4n) is 2.68. The van der Waals surface area contributed by atoms with Crippen LogP contribution in [-0.4, -0.2) is 23.8 Å². The second kappa shape index (κ2) is 8.10. The third-order valence-corrected chi connectivity index (χ3v) is 4.30. The lowest BCUT2D eigenvalue weighted by Crippen LogP contribution is -2.30. The van der Waals surface area contributed by atoms with Crippen molar-refractivity contribution >= 4 is 34.3 Å². The van der Waals surface area contributed by atoms with Gasteiger partial charge in [0.1, 0.15) is 5.58 Å². The summed E-state index contributed by atoms with van der Waals surface area (Å²) < 4.78 is 10.6. The maximum Gasteiger partial charge on any atom is 0.375 e. The Morgan fingerprint density at radius 3 is 2.38 bits per heavy atom. The van der Waals surface area contributed by atoms with Gasteiger partial charge < -0.3 is 14.5 Å². The van der Waals surface area contributed by atoms with Crippen molar-refractivity contribution in [1.82, 2.24) is 0 Å². The van der Waals surface area contributed by atoms with E-state index in [0.29, 0.717) is 16.6 Å². The highest BCUT2D eigenvalue weighted by atomic mass is 16.6. The molecule has 0 saturated carbocycles. The molecule has 0 spiro atoms. The monoisotopic (exact) mass is 393 g/mol. The van der Waals surface area contributed by atoms with E-state index in [1.54, 1.807) is 42.5 Å². The maximum atomic E-state index is 12.3. The predicted molar refractivity (Wildman–Crippen MR) is 107 cm³/mol. The summed E-state index contributed by atoms with van der Waals surface area (Å²) in [5.41, 5.74) is 1.75. The molecule has 0 fully saturated rings. The van der Waals surface area contributed by atoms with Crippen molar-refractivity contribution in [3.8, 4) is 0 Å². The molecule has 3 aromatic rings. The molecule has 0 aliphatic rings. The van der Waals surface area contributed by atoms with Crippen LogP contribution in [-0.2, 0) is 9.53 Å². The molecule has 7 nitrogen and oxygen atoms in total. The fourth-order valence-corrected chi connectivity index (χ4v) is 2.68. The van der Waals surface area contributed by atoms with Gasteiger partial charge in [0.05, 0.1) is 5.39 Å². The number of aryl methyl sites for hydroxylation is 1. The van der Waals surface area contributed by atoms with Gasteiger partial charge in [0.25, 0.3) is 5.91 Å². The quantitative estimate of drug-likeness (QED) is 0.526. The normalized spacial score (nSPS) is 11.7. The first-order valence-corrected chi connectivity index (χ1v) is 8.92. The topological polar surface area (TPSA) is 103 Å². The highest BCUT2D eigenvalue weighted by molar-refractivity contribution is 5.98. The molecule has 0 radical (unpaired) electrons. The first kappa shape index (κ1) is 20.0. The van der Waals surface area contributed by atoms with Crippen LogP contribution in [0.5, 0.6) is 0 Å². The van der Waals surface area contributed by atoms with Gasteiger partial charge in [-0.05, 0) is 57.2 Å². The molecule has 0 saturated heterocycles. The zero-order valence-electron chi connectivity index (χ0n) is 16.1. The summed E-state index contributed by atoms with van der Waals surface area (Å²) in [4.78, 5) is 48.1. The van der Waals surface area contributed by atoms with Crippen LogP contribution < -0.4 is 10.7 Å². The average molecular weight is 393 g/mol. The summed E-state index contributed by atoms with van der Waals surface area (Å²) in [6, 6.07) is 12.4. The van der Waals surface area contributed by atoms with Crippen LogP contribution in [0.4, 0.5) is 5.69 Å². The Kier molecular flexibility index (Phi) is 5.59. The number of hydrogen-bond donors (Lipinski definition) is 1. The predicted octanol–water partition coefficient (Wildman–Crippen LogP) is 3.49. The minimum absolute atomic E-state index is 0.0859. The van der Waals surface area contributed by atoms with E-state index in [4.69, 9.17) is 9.15 Å². The molecule has 1 amide bonds. The molecule has 7 heteroatoms. The van der Waals surface area contributed by atoms with Gasteiger partial charge in [0.15, 0.2) is 17.3 Å².